The fourth-order valence-electron chi connectivity index (χ4n) is 4.66. The maximum absolute atomic E-state index is 15.3. The smallest absolute Gasteiger partial charge is 0.276 e. The monoisotopic (exact) mass is 485 g/mol. The number of amides is 2. The van der Waals surface area contributed by atoms with Crippen molar-refractivity contribution in [3.63, 3.8) is 0 Å². The van der Waals surface area contributed by atoms with Crippen LogP contribution in [-0.4, -0.2) is 43.4 Å². The molecule has 35 heavy (non-hydrogen) atoms. The van der Waals surface area contributed by atoms with Gasteiger partial charge in [0, 0.05) is 22.3 Å². The van der Waals surface area contributed by atoms with Gasteiger partial charge in [-0.2, -0.15) is 9.49 Å². The molecule has 2 fully saturated rings. The minimum atomic E-state index is -2.65. The van der Waals surface area contributed by atoms with E-state index in [4.69, 9.17) is 5.48 Å². The van der Waals surface area contributed by atoms with Crippen molar-refractivity contribution in [2.75, 3.05) is 5.32 Å². The molecular weight excluding hydrogens is 453 g/mol. The molecule has 0 spiro atoms. The molecule has 2 aliphatic rings. The largest absolute Gasteiger partial charge is 0.338 e. The normalized spacial score (nSPS) is 19.3. The third-order valence-electron chi connectivity index (χ3n) is 6.64. The number of anilines is 1. The number of aromatic amines is 1. The van der Waals surface area contributed by atoms with Crippen LogP contribution < -0.4 is 10.6 Å². The van der Waals surface area contributed by atoms with Crippen LogP contribution in [0.3, 0.4) is 0 Å². The van der Waals surface area contributed by atoms with Gasteiger partial charge >= 0.3 is 0 Å². The summed E-state index contributed by atoms with van der Waals surface area (Å²) in [7, 11) is 0. The third kappa shape index (κ3) is 4.67. The molecule has 2 atom stereocenters. The third-order valence-corrected chi connectivity index (χ3v) is 6.64. The number of hydrogen-bond acceptors (Lipinski definition) is 7. The topological polar surface area (TPSA) is 139 Å². The van der Waals surface area contributed by atoms with Crippen LogP contribution in [0.2, 0.25) is 0 Å². The number of hydrogen-bond donors (Lipinski definition) is 3. The van der Waals surface area contributed by atoms with Gasteiger partial charge in [-0.15, -0.1) is 0 Å². The van der Waals surface area contributed by atoms with Crippen LogP contribution in [-0.2, 0) is 11.2 Å². The standard InChI is InChI=1S/C24H28FN7O3/c1-4-16-18(11(2)29-30-16)15-9-10-17(26-22(15)25)27-24(34)21(19(13-5-6-13)14-7-8-14)28-23(33)20-12(3)31-35-32-20/h9-10,13-14,19,21H,4-8H2,1-3H3,(H,28,33)(H,29,30)(H,26,27,34)/t21-/m0/s1/i1D3,4D/t4?,21-. The number of pyridine rings is 1. The van der Waals surface area contributed by atoms with E-state index >= 15 is 4.39 Å². The number of H-pyrrole nitrogens is 1. The lowest BCUT2D eigenvalue weighted by Gasteiger charge is -2.27. The molecule has 0 saturated heterocycles. The second kappa shape index (κ2) is 9.20. The fraction of sp³-hybridized carbons (Fsp3) is 0.500. The second-order valence-corrected chi connectivity index (χ2v) is 9.17. The molecule has 3 N–H and O–H groups in total. The van der Waals surface area contributed by atoms with E-state index in [2.05, 4.69) is 40.8 Å². The summed E-state index contributed by atoms with van der Waals surface area (Å²) in [6.07, 6.45) is 2.19. The Kier molecular flexibility index (Phi) is 4.91. The highest BCUT2D eigenvalue weighted by atomic mass is 19.1. The van der Waals surface area contributed by atoms with E-state index in [9.17, 15) is 9.59 Å². The highest BCUT2D eigenvalue weighted by Gasteiger charge is 2.48. The summed E-state index contributed by atoms with van der Waals surface area (Å²) in [6, 6.07) is 1.83. The first-order chi connectivity index (χ1) is 18.5. The highest BCUT2D eigenvalue weighted by Crippen LogP contribution is 2.51. The van der Waals surface area contributed by atoms with E-state index in [0.717, 1.165) is 25.7 Å². The second-order valence-electron chi connectivity index (χ2n) is 9.17. The van der Waals surface area contributed by atoms with Crippen LogP contribution in [0, 0.1) is 37.5 Å². The lowest BCUT2D eigenvalue weighted by Crippen LogP contribution is -2.50. The predicted octanol–water partition coefficient (Wildman–Crippen LogP) is 3.35. The number of rotatable bonds is 9. The Bertz CT molecular complexity index is 1390. The van der Waals surface area contributed by atoms with Crippen molar-refractivity contribution in [3.8, 4) is 11.1 Å². The van der Waals surface area contributed by atoms with Gasteiger partial charge < -0.3 is 10.6 Å². The fourth-order valence-corrected chi connectivity index (χ4v) is 4.66. The van der Waals surface area contributed by atoms with E-state index in [1.165, 1.54) is 12.1 Å². The van der Waals surface area contributed by atoms with Gasteiger partial charge in [-0.1, -0.05) is 12.0 Å². The first-order valence-corrected chi connectivity index (χ1v) is 11.5. The zero-order valence-electron chi connectivity index (χ0n) is 23.3. The Hall–Kier alpha value is -3.63. The molecule has 5 rings (SSSR count). The molecule has 0 radical (unpaired) electrons. The van der Waals surface area contributed by atoms with E-state index in [1.54, 1.807) is 13.8 Å². The quantitative estimate of drug-likeness (QED) is 0.395. The van der Waals surface area contributed by atoms with Crippen LogP contribution >= 0.6 is 0 Å². The maximum Gasteiger partial charge on any atom is 0.276 e. The molecule has 10 nitrogen and oxygen atoms in total. The molecule has 2 amide bonds. The molecule has 184 valence electrons. The van der Waals surface area contributed by atoms with Crippen molar-refractivity contribution < 1.29 is 24.1 Å². The lowest BCUT2D eigenvalue weighted by atomic mass is 9.88. The molecule has 0 aromatic carbocycles. The summed E-state index contributed by atoms with van der Waals surface area (Å²) in [5.41, 5.74) is 0.621. The van der Waals surface area contributed by atoms with Gasteiger partial charge in [0.15, 0.2) is 5.69 Å². The Labute approximate surface area is 207 Å². The van der Waals surface area contributed by atoms with Gasteiger partial charge in [-0.3, -0.25) is 14.7 Å². The minimum Gasteiger partial charge on any atom is -0.338 e. The number of halogens is 1. The Morgan fingerprint density at radius 2 is 1.97 bits per heavy atom. The summed E-state index contributed by atoms with van der Waals surface area (Å²) in [5, 5.41) is 19.2. The van der Waals surface area contributed by atoms with Crippen molar-refractivity contribution in [3.05, 3.63) is 40.9 Å². The predicted molar refractivity (Wildman–Crippen MR) is 124 cm³/mol. The number of aromatic nitrogens is 5. The number of carbonyl (C=O) groups is 2. The van der Waals surface area contributed by atoms with Gasteiger partial charge in [0.1, 0.15) is 17.6 Å². The summed E-state index contributed by atoms with van der Waals surface area (Å²) < 4.78 is 50.6. The molecule has 3 heterocycles. The number of nitrogens with zero attached hydrogens (tertiary/aromatic N) is 4. The van der Waals surface area contributed by atoms with Crippen LogP contribution in [0.25, 0.3) is 11.1 Å². The molecule has 11 heteroatoms. The molecule has 3 aromatic rings. The van der Waals surface area contributed by atoms with E-state index in [1.807, 2.05) is 0 Å². The summed E-state index contributed by atoms with van der Waals surface area (Å²) in [4.78, 5) is 30.3. The van der Waals surface area contributed by atoms with Crippen LogP contribution in [0.5, 0.6) is 0 Å². The van der Waals surface area contributed by atoms with Gasteiger partial charge in [-0.25, -0.2) is 9.61 Å². The van der Waals surface area contributed by atoms with Crippen molar-refractivity contribution in [1.82, 2.24) is 30.8 Å². The number of nitrogens with one attached hydrogen (secondary N) is 3. The molecule has 1 unspecified atom stereocenters. The van der Waals surface area contributed by atoms with Crippen LogP contribution in [0.4, 0.5) is 10.2 Å². The maximum atomic E-state index is 15.3. The van der Waals surface area contributed by atoms with Gasteiger partial charge in [0.2, 0.25) is 11.9 Å². The molecule has 2 saturated carbocycles. The van der Waals surface area contributed by atoms with Crippen LogP contribution in [0.15, 0.2) is 16.8 Å². The summed E-state index contributed by atoms with van der Waals surface area (Å²) >= 11 is 0. The molecule has 0 bridgehead atoms. The zero-order valence-corrected chi connectivity index (χ0v) is 19.3. The van der Waals surface area contributed by atoms with Gasteiger partial charge in [0.05, 0.1) is 5.69 Å². The number of aryl methyl sites for hydroxylation is 3. The Balaban J connectivity index is 1.39. The summed E-state index contributed by atoms with van der Waals surface area (Å²) in [5.74, 6) is -1.64. The SMILES string of the molecule is [2H]C(c1[nH]nc(C)c1-c1ccc(NC(=O)[C@@H](NC(=O)c2nonc2C)C(C2CC2)C2CC2)nc1F)C([2H])([2H])[2H]. The Morgan fingerprint density at radius 3 is 2.57 bits per heavy atom. The van der Waals surface area contributed by atoms with Crippen molar-refractivity contribution >= 4 is 17.6 Å². The average Bonchev–Trinajstić information content (AvgIpc) is 3.80. The average molecular weight is 486 g/mol. The van der Waals surface area contributed by atoms with Crippen LogP contribution in [0.1, 0.15) is 65.6 Å². The highest BCUT2D eigenvalue weighted by molar-refractivity contribution is 6.00. The van der Waals surface area contributed by atoms with E-state index < -0.39 is 37.1 Å². The molecule has 0 aliphatic heterocycles. The van der Waals surface area contributed by atoms with Crippen molar-refractivity contribution in [2.24, 2.45) is 17.8 Å². The summed E-state index contributed by atoms with van der Waals surface area (Å²) in [6.45, 7) is 0.486. The molecular formula is C24H28FN7O3. The Morgan fingerprint density at radius 1 is 1.23 bits per heavy atom. The van der Waals surface area contributed by atoms with Gasteiger partial charge in [-0.05, 0) is 81.0 Å². The van der Waals surface area contributed by atoms with Crippen molar-refractivity contribution in [2.45, 2.75) is 58.8 Å². The van der Waals surface area contributed by atoms with Gasteiger partial charge in [0.25, 0.3) is 5.91 Å². The minimum absolute atomic E-state index is 0.0114. The first-order valence-electron chi connectivity index (χ1n) is 13.6. The van der Waals surface area contributed by atoms with Crippen molar-refractivity contribution in [1.29, 1.82) is 0 Å². The molecule has 2 aliphatic carbocycles. The zero-order chi connectivity index (χ0) is 28.1. The lowest BCUT2D eigenvalue weighted by molar-refractivity contribution is -0.119. The molecule has 3 aromatic heterocycles. The van der Waals surface area contributed by atoms with E-state index in [0.29, 0.717) is 23.2 Å². The first kappa shape index (κ1) is 18.7. The number of carbonyl (C=O) groups excluding carboxylic acids is 2. The van der Waals surface area contributed by atoms with E-state index in [-0.39, 0.29) is 34.3 Å².